The Hall–Kier alpha value is -1.78. The second-order valence-corrected chi connectivity index (χ2v) is 12.3. The molecule has 1 aliphatic heterocycles. The summed E-state index contributed by atoms with van der Waals surface area (Å²) in [5.74, 6) is -1.73. The maximum atomic E-state index is 15.3. The van der Waals surface area contributed by atoms with Crippen molar-refractivity contribution in [2.75, 3.05) is 26.0 Å². The largest absolute Gasteiger partial charge is 0.373 e. The summed E-state index contributed by atoms with van der Waals surface area (Å²) in [4.78, 5) is 14.2. The van der Waals surface area contributed by atoms with Crippen molar-refractivity contribution in [1.29, 1.82) is 0 Å². The van der Waals surface area contributed by atoms with Gasteiger partial charge in [0.1, 0.15) is 5.82 Å². The van der Waals surface area contributed by atoms with Crippen LogP contribution in [-0.4, -0.2) is 50.8 Å². The van der Waals surface area contributed by atoms with Crippen molar-refractivity contribution in [1.82, 2.24) is 9.62 Å². The van der Waals surface area contributed by atoms with Crippen LogP contribution in [0.2, 0.25) is 10.0 Å². The number of ether oxygens (including phenoxy) is 1. The number of nitrogens with zero attached hydrogens (tertiary/aromatic N) is 1. The van der Waals surface area contributed by atoms with Gasteiger partial charge in [-0.05, 0) is 72.2 Å². The Labute approximate surface area is 220 Å². The summed E-state index contributed by atoms with van der Waals surface area (Å²) in [6, 6.07) is 7.87. The predicted molar refractivity (Wildman–Crippen MR) is 135 cm³/mol. The molecule has 0 spiro atoms. The van der Waals surface area contributed by atoms with E-state index in [-0.39, 0.29) is 43.8 Å². The second kappa shape index (κ2) is 10.5. The number of carbonyl (C=O) groups excluding carboxylic acids is 1. The van der Waals surface area contributed by atoms with Crippen molar-refractivity contribution >= 4 is 39.1 Å². The van der Waals surface area contributed by atoms with E-state index < -0.39 is 27.4 Å². The zero-order chi connectivity index (χ0) is 26.3. The Morgan fingerprint density at radius 1 is 1.19 bits per heavy atom. The van der Waals surface area contributed by atoms with Gasteiger partial charge in [0.05, 0.1) is 25.0 Å². The van der Waals surface area contributed by atoms with Crippen LogP contribution >= 0.6 is 23.2 Å². The van der Waals surface area contributed by atoms with Gasteiger partial charge in [0.15, 0.2) is 5.67 Å². The summed E-state index contributed by atoms with van der Waals surface area (Å²) in [5.41, 5.74) is 0.313. The monoisotopic (exact) mass is 560 g/mol. The van der Waals surface area contributed by atoms with Crippen molar-refractivity contribution < 1.29 is 26.7 Å². The highest BCUT2D eigenvalue weighted by Crippen LogP contribution is 2.43. The molecule has 1 N–H and O–H groups in total. The maximum Gasteiger partial charge on any atom is 0.267 e. The fourth-order valence-corrected chi connectivity index (χ4v) is 5.73. The van der Waals surface area contributed by atoms with Crippen molar-refractivity contribution in [3.8, 4) is 0 Å². The minimum Gasteiger partial charge on any atom is -0.373 e. The number of sulfonamides is 1. The molecule has 6 nitrogen and oxygen atoms in total. The average Bonchev–Trinajstić information content (AvgIpc) is 3.56. The van der Waals surface area contributed by atoms with E-state index in [1.54, 1.807) is 10.8 Å². The van der Waals surface area contributed by atoms with E-state index in [2.05, 4.69) is 0 Å². The number of amides is 1. The Morgan fingerprint density at radius 3 is 2.39 bits per heavy atom. The van der Waals surface area contributed by atoms with Crippen LogP contribution in [0.3, 0.4) is 0 Å². The Morgan fingerprint density at radius 2 is 1.83 bits per heavy atom. The van der Waals surface area contributed by atoms with Crippen LogP contribution in [0, 0.1) is 5.82 Å². The number of alkyl halides is 1. The minimum absolute atomic E-state index is 0.0104. The van der Waals surface area contributed by atoms with Crippen LogP contribution in [0.4, 0.5) is 8.78 Å². The molecule has 2 aromatic carbocycles. The molecular formula is C25H28Cl2F2N2O4S. The molecule has 2 aliphatic rings. The third kappa shape index (κ3) is 6.55. The summed E-state index contributed by atoms with van der Waals surface area (Å²) in [6.07, 6.45) is 3.34. The number of hydrogen-bond acceptors (Lipinski definition) is 5. The molecule has 0 radical (unpaired) electrons. The zero-order valence-electron chi connectivity index (χ0n) is 20.0. The first-order valence-corrected chi connectivity index (χ1v) is 14.3. The third-order valence-corrected chi connectivity index (χ3v) is 7.45. The highest BCUT2D eigenvalue weighted by atomic mass is 35.5. The van der Waals surface area contributed by atoms with Gasteiger partial charge in [-0.1, -0.05) is 30.1 Å². The lowest BCUT2D eigenvalue weighted by molar-refractivity contribution is -0.107. The fourth-order valence-electron chi connectivity index (χ4n) is 4.74. The lowest BCUT2D eigenvalue weighted by atomic mass is 9.91. The third-order valence-electron chi connectivity index (χ3n) is 6.46. The Balaban J connectivity index is 1.38. The summed E-state index contributed by atoms with van der Waals surface area (Å²) in [6.45, 7) is 2.22. The molecule has 4 rings (SSSR count). The van der Waals surface area contributed by atoms with E-state index in [1.165, 1.54) is 12.1 Å². The lowest BCUT2D eigenvalue weighted by Gasteiger charge is -2.48. The normalized spacial score (nSPS) is 18.5. The van der Waals surface area contributed by atoms with E-state index >= 15 is 4.39 Å². The standard InChI is InChI=1S/C25H28Cl2F2N2O4S/c1-3-23(16-6-18(26)9-19(27)7-16)31-12-25(29,13-31)14-35-11-17-8-22(28)21(10-20(17)15-4-5-15)24(32)30-36(2,33)34/h6-10,15,23H,3-5,11-14H2,1-2H3,(H,30,32)/t23-/m1/s1. The maximum absolute atomic E-state index is 15.3. The summed E-state index contributed by atoms with van der Waals surface area (Å²) < 4.78 is 60.2. The molecule has 2 aromatic rings. The molecule has 0 bridgehead atoms. The summed E-state index contributed by atoms with van der Waals surface area (Å²) in [7, 11) is -3.83. The molecule has 0 aromatic heterocycles. The second-order valence-electron chi connectivity index (χ2n) is 9.68. The number of nitrogens with one attached hydrogen (secondary N) is 1. The molecule has 2 fully saturated rings. The van der Waals surface area contributed by atoms with E-state index in [4.69, 9.17) is 27.9 Å². The molecule has 1 saturated heterocycles. The van der Waals surface area contributed by atoms with Gasteiger partial charge in [-0.25, -0.2) is 21.9 Å². The van der Waals surface area contributed by atoms with Gasteiger partial charge < -0.3 is 4.74 Å². The van der Waals surface area contributed by atoms with Gasteiger partial charge in [-0.15, -0.1) is 0 Å². The Kier molecular flexibility index (Phi) is 7.98. The van der Waals surface area contributed by atoms with E-state index in [0.717, 1.165) is 36.6 Å². The van der Waals surface area contributed by atoms with Gasteiger partial charge in [-0.2, -0.15) is 0 Å². The van der Waals surface area contributed by atoms with Gasteiger partial charge in [-0.3, -0.25) is 9.69 Å². The van der Waals surface area contributed by atoms with Gasteiger partial charge in [0, 0.05) is 29.2 Å². The first kappa shape index (κ1) is 27.3. The quantitative estimate of drug-likeness (QED) is 0.421. The predicted octanol–water partition coefficient (Wildman–Crippen LogP) is 5.39. The number of likely N-dealkylation sites (tertiary alicyclic amines) is 1. The van der Waals surface area contributed by atoms with E-state index in [1.807, 2.05) is 24.0 Å². The smallest absolute Gasteiger partial charge is 0.267 e. The molecular weight excluding hydrogens is 533 g/mol. The first-order valence-electron chi connectivity index (χ1n) is 11.7. The molecule has 1 amide bonds. The van der Waals surface area contributed by atoms with E-state index in [9.17, 15) is 17.6 Å². The van der Waals surface area contributed by atoms with Gasteiger partial charge in [0.25, 0.3) is 5.91 Å². The molecule has 11 heteroatoms. The van der Waals surface area contributed by atoms with Crippen molar-refractivity contribution in [2.24, 2.45) is 0 Å². The number of carbonyl (C=O) groups is 1. The highest BCUT2D eigenvalue weighted by molar-refractivity contribution is 7.89. The zero-order valence-corrected chi connectivity index (χ0v) is 22.3. The molecule has 0 unspecified atom stereocenters. The number of halogens is 4. The van der Waals surface area contributed by atoms with Crippen molar-refractivity contribution in [3.05, 3.63) is 68.4 Å². The van der Waals surface area contributed by atoms with Gasteiger partial charge in [0.2, 0.25) is 10.0 Å². The lowest BCUT2D eigenvalue weighted by Crippen LogP contribution is -2.62. The van der Waals surface area contributed by atoms with Crippen LogP contribution in [0.15, 0.2) is 30.3 Å². The molecule has 1 saturated carbocycles. The highest BCUT2D eigenvalue weighted by Gasteiger charge is 2.46. The summed E-state index contributed by atoms with van der Waals surface area (Å²) >= 11 is 12.3. The van der Waals surface area contributed by atoms with Gasteiger partial charge >= 0.3 is 0 Å². The average molecular weight is 561 g/mol. The van der Waals surface area contributed by atoms with Crippen LogP contribution in [0.1, 0.15) is 65.2 Å². The summed E-state index contributed by atoms with van der Waals surface area (Å²) in [5, 5.41) is 1.06. The minimum atomic E-state index is -3.83. The number of hydrogen-bond donors (Lipinski definition) is 1. The molecule has 1 atom stereocenters. The van der Waals surface area contributed by atoms with Crippen LogP contribution in [0.5, 0.6) is 0 Å². The van der Waals surface area contributed by atoms with Crippen molar-refractivity contribution in [3.63, 3.8) is 0 Å². The van der Waals surface area contributed by atoms with Crippen LogP contribution in [0.25, 0.3) is 0 Å². The van der Waals surface area contributed by atoms with Crippen molar-refractivity contribution in [2.45, 2.75) is 50.4 Å². The number of rotatable bonds is 10. The fraction of sp³-hybridized carbons (Fsp3) is 0.480. The molecule has 196 valence electrons. The number of benzene rings is 2. The van der Waals surface area contributed by atoms with E-state index in [0.29, 0.717) is 15.6 Å². The first-order chi connectivity index (χ1) is 16.9. The molecule has 1 heterocycles. The topological polar surface area (TPSA) is 75.7 Å². The SMILES string of the molecule is CC[C@H](c1cc(Cl)cc(Cl)c1)N1CC(F)(COCc2cc(F)c(C(=O)NS(C)(=O)=O)cc2C2CC2)C1. The van der Waals surface area contributed by atoms with Crippen LogP contribution in [-0.2, 0) is 21.4 Å². The Bertz CT molecular complexity index is 1240. The molecule has 36 heavy (non-hydrogen) atoms. The van der Waals surface area contributed by atoms with Crippen LogP contribution < -0.4 is 4.72 Å². The molecule has 1 aliphatic carbocycles.